The molecule has 0 aliphatic heterocycles. The summed E-state index contributed by atoms with van der Waals surface area (Å²) in [6, 6.07) is 14.2. The molecular weight excluding hydrogens is 318 g/mol. The molecule has 3 aromatic rings. The Bertz CT molecular complexity index is 880. The van der Waals surface area contributed by atoms with Crippen LogP contribution in [0.15, 0.2) is 47.8 Å². The number of thioether (sulfide) groups is 1. The maximum absolute atomic E-state index is 8.77. The lowest BCUT2D eigenvalue weighted by Crippen LogP contribution is -2.03. The molecule has 24 heavy (non-hydrogen) atoms. The zero-order valence-electron chi connectivity index (χ0n) is 13.6. The maximum Gasteiger partial charge on any atom is 0.196 e. The number of pyridine rings is 1. The fraction of sp³-hybridized carbons (Fsp3) is 0.222. The molecule has 3 rings (SSSR count). The first-order chi connectivity index (χ1) is 11.7. The highest BCUT2D eigenvalue weighted by atomic mass is 32.2. The van der Waals surface area contributed by atoms with Crippen LogP contribution in [0.2, 0.25) is 0 Å². The molecule has 0 amide bonds. The van der Waals surface area contributed by atoms with Crippen LogP contribution in [0.25, 0.3) is 17.2 Å². The first-order valence-electron chi connectivity index (χ1n) is 7.65. The molecule has 0 atom stereocenters. The van der Waals surface area contributed by atoms with Crippen molar-refractivity contribution in [1.29, 1.82) is 5.26 Å². The third-order valence-electron chi connectivity index (χ3n) is 3.57. The van der Waals surface area contributed by atoms with Crippen LogP contribution in [-0.4, -0.2) is 25.5 Å². The third kappa shape index (κ3) is 3.31. The average Bonchev–Trinajstić information content (AvgIpc) is 3.00. The van der Waals surface area contributed by atoms with Gasteiger partial charge in [-0.3, -0.25) is 9.55 Å². The molecular formula is C18H17N5S. The van der Waals surface area contributed by atoms with Gasteiger partial charge in [-0.1, -0.05) is 35.5 Å². The summed E-state index contributed by atoms with van der Waals surface area (Å²) in [6.45, 7) is 4.15. The molecule has 2 heterocycles. The number of aryl methyl sites for hydroxylation is 2. The van der Waals surface area contributed by atoms with Crippen LogP contribution in [0.4, 0.5) is 0 Å². The number of hydrogen-bond donors (Lipinski definition) is 0. The number of rotatable bonds is 5. The van der Waals surface area contributed by atoms with Gasteiger partial charge in [0.1, 0.15) is 5.69 Å². The van der Waals surface area contributed by atoms with Gasteiger partial charge in [0.2, 0.25) is 0 Å². The maximum atomic E-state index is 8.77. The first kappa shape index (κ1) is 16.2. The van der Waals surface area contributed by atoms with Gasteiger partial charge in [0.05, 0.1) is 11.8 Å². The minimum Gasteiger partial charge on any atom is -0.268 e. The molecule has 0 N–H and O–H groups in total. The van der Waals surface area contributed by atoms with Crippen LogP contribution < -0.4 is 0 Å². The van der Waals surface area contributed by atoms with Gasteiger partial charge in [-0.05, 0) is 37.6 Å². The van der Waals surface area contributed by atoms with Crippen LogP contribution in [0.1, 0.15) is 17.5 Å². The molecule has 1 aromatic carbocycles. The van der Waals surface area contributed by atoms with Crippen LogP contribution in [0.5, 0.6) is 0 Å². The van der Waals surface area contributed by atoms with Gasteiger partial charge in [0, 0.05) is 18.4 Å². The van der Waals surface area contributed by atoms with E-state index in [1.807, 2.05) is 22.8 Å². The van der Waals surface area contributed by atoms with E-state index in [0.717, 1.165) is 22.1 Å². The third-order valence-corrected chi connectivity index (χ3v) is 4.50. The Kier molecular flexibility index (Phi) is 4.92. The predicted molar refractivity (Wildman–Crippen MR) is 95.0 cm³/mol. The summed E-state index contributed by atoms with van der Waals surface area (Å²) in [6.07, 6.45) is 2.22. The Morgan fingerprint density at radius 2 is 2.04 bits per heavy atom. The summed E-state index contributed by atoms with van der Waals surface area (Å²) in [5.74, 6) is 1.39. The minimum absolute atomic E-state index is 0.476. The SMILES string of the molecule is Cc1ccc(-n2c(SCCC#N)nnc2-c2ccccn2)c(C)c1. The second-order valence-electron chi connectivity index (χ2n) is 5.40. The van der Waals surface area contributed by atoms with Crippen molar-refractivity contribution in [2.45, 2.75) is 25.4 Å². The van der Waals surface area contributed by atoms with E-state index < -0.39 is 0 Å². The van der Waals surface area contributed by atoms with Crippen LogP contribution >= 0.6 is 11.8 Å². The van der Waals surface area contributed by atoms with Gasteiger partial charge < -0.3 is 0 Å². The van der Waals surface area contributed by atoms with Gasteiger partial charge in [0.25, 0.3) is 0 Å². The Labute approximate surface area is 145 Å². The van der Waals surface area contributed by atoms with E-state index in [1.54, 1.807) is 6.20 Å². The molecule has 0 aliphatic carbocycles. The van der Waals surface area contributed by atoms with Gasteiger partial charge in [-0.25, -0.2) is 0 Å². The van der Waals surface area contributed by atoms with Crippen molar-refractivity contribution in [3.05, 3.63) is 53.7 Å². The van der Waals surface area contributed by atoms with E-state index in [2.05, 4.69) is 53.3 Å². The Balaban J connectivity index is 2.12. The normalized spacial score (nSPS) is 10.5. The Morgan fingerprint density at radius 3 is 2.75 bits per heavy atom. The van der Waals surface area contributed by atoms with Crippen molar-refractivity contribution in [2.24, 2.45) is 0 Å². The number of hydrogen-bond acceptors (Lipinski definition) is 5. The molecule has 0 aliphatic rings. The molecule has 0 saturated carbocycles. The van der Waals surface area contributed by atoms with E-state index in [1.165, 1.54) is 17.3 Å². The molecule has 2 aromatic heterocycles. The lowest BCUT2D eigenvalue weighted by atomic mass is 10.1. The minimum atomic E-state index is 0.476. The van der Waals surface area contributed by atoms with E-state index in [4.69, 9.17) is 5.26 Å². The van der Waals surface area contributed by atoms with Crippen molar-refractivity contribution < 1.29 is 0 Å². The van der Waals surface area contributed by atoms with E-state index in [9.17, 15) is 0 Å². The summed E-state index contributed by atoms with van der Waals surface area (Å²) in [7, 11) is 0. The molecule has 0 unspecified atom stereocenters. The van der Waals surface area contributed by atoms with Crippen molar-refractivity contribution in [1.82, 2.24) is 19.7 Å². The standard InChI is InChI=1S/C18H17N5S/c1-13-7-8-16(14(2)12-13)23-17(15-6-3-4-10-20-15)21-22-18(23)24-11-5-9-19/h3-4,6-8,10,12H,5,11H2,1-2H3. The molecule has 120 valence electrons. The van der Waals surface area contributed by atoms with Gasteiger partial charge in [-0.15, -0.1) is 10.2 Å². The average molecular weight is 335 g/mol. The lowest BCUT2D eigenvalue weighted by molar-refractivity contribution is 0.878. The molecule has 0 bridgehead atoms. The van der Waals surface area contributed by atoms with Crippen LogP contribution in [0.3, 0.4) is 0 Å². The number of aromatic nitrogens is 4. The monoisotopic (exact) mass is 335 g/mol. The summed E-state index contributed by atoms with van der Waals surface area (Å²) < 4.78 is 2.03. The first-order valence-corrected chi connectivity index (χ1v) is 8.63. The molecule has 0 fully saturated rings. The highest BCUT2D eigenvalue weighted by Crippen LogP contribution is 2.29. The Morgan fingerprint density at radius 1 is 1.17 bits per heavy atom. The van der Waals surface area contributed by atoms with Crippen molar-refractivity contribution in [3.8, 4) is 23.3 Å². The second-order valence-corrected chi connectivity index (χ2v) is 6.47. The molecule has 5 nitrogen and oxygen atoms in total. The van der Waals surface area contributed by atoms with E-state index in [-0.39, 0.29) is 0 Å². The number of benzene rings is 1. The zero-order valence-corrected chi connectivity index (χ0v) is 14.4. The summed E-state index contributed by atoms with van der Waals surface area (Å²) in [4.78, 5) is 4.41. The highest BCUT2D eigenvalue weighted by molar-refractivity contribution is 7.99. The predicted octanol–water partition coefficient (Wildman–Crippen LogP) is 3.95. The van der Waals surface area contributed by atoms with Gasteiger partial charge in [-0.2, -0.15) is 5.26 Å². The van der Waals surface area contributed by atoms with Gasteiger partial charge in [0.15, 0.2) is 11.0 Å². The van der Waals surface area contributed by atoms with Crippen molar-refractivity contribution in [3.63, 3.8) is 0 Å². The van der Waals surface area contributed by atoms with Crippen LogP contribution in [0, 0.1) is 25.2 Å². The number of nitriles is 1. The molecule has 6 heteroatoms. The summed E-state index contributed by atoms with van der Waals surface area (Å²) >= 11 is 1.53. The smallest absolute Gasteiger partial charge is 0.196 e. The fourth-order valence-electron chi connectivity index (χ4n) is 2.49. The molecule has 0 radical (unpaired) electrons. The Hall–Kier alpha value is -2.65. The summed E-state index contributed by atoms with van der Waals surface area (Å²) in [5.41, 5.74) is 4.17. The summed E-state index contributed by atoms with van der Waals surface area (Å²) in [5, 5.41) is 18.2. The van der Waals surface area contributed by atoms with Crippen LogP contribution in [-0.2, 0) is 0 Å². The van der Waals surface area contributed by atoms with Gasteiger partial charge >= 0.3 is 0 Å². The second kappa shape index (κ2) is 7.28. The number of nitrogens with zero attached hydrogens (tertiary/aromatic N) is 5. The van der Waals surface area contributed by atoms with E-state index >= 15 is 0 Å². The topological polar surface area (TPSA) is 67.4 Å². The quantitative estimate of drug-likeness (QED) is 0.521. The zero-order chi connectivity index (χ0) is 16.9. The molecule has 0 saturated heterocycles. The lowest BCUT2D eigenvalue weighted by Gasteiger charge is -2.13. The fourth-order valence-corrected chi connectivity index (χ4v) is 3.27. The van der Waals surface area contributed by atoms with Crippen molar-refractivity contribution in [2.75, 3.05) is 5.75 Å². The largest absolute Gasteiger partial charge is 0.268 e. The molecule has 0 spiro atoms. The van der Waals surface area contributed by atoms with Crippen molar-refractivity contribution >= 4 is 11.8 Å². The highest BCUT2D eigenvalue weighted by Gasteiger charge is 2.18. The van der Waals surface area contributed by atoms with E-state index in [0.29, 0.717) is 18.0 Å².